The Labute approximate surface area is 128 Å². The van der Waals surface area contributed by atoms with Gasteiger partial charge in [0.2, 0.25) is 0 Å². The van der Waals surface area contributed by atoms with Crippen LogP contribution in [0.2, 0.25) is 5.02 Å². The van der Waals surface area contributed by atoms with Gasteiger partial charge in [-0.2, -0.15) is 13.2 Å². The second-order valence-corrected chi connectivity index (χ2v) is 4.96. The molecule has 0 aliphatic carbocycles. The number of benzene rings is 1. The first kappa shape index (κ1) is 16.8. The molecule has 0 saturated carbocycles. The van der Waals surface area contributed by atoms with Crippen molar-refractivity contribution in [3.8, 4) is 0 Å². The van der Waals surface area contributed by atoms with Crippen LogP contribution in [0.5, 0.6) is 0 Å². The molecule has 10 heteroatoms. The van der Waals surface area contributed by atoms with Gasteiger partial charge in [-0.25, -0.2) is 0 Å². The van der Waals surface area contributed by atoms with E-state index in [2.05, 4.69) is 5.32 Å². The van der Waals surface area contributed by atoms with Gasteiger partial charge >= 0.3 is 6.18 Å². The molecule has 6 nitrogen and oxygen atoms in total. The molecule has 1 aliphatic heterocycles. The quantitative estimate of drug-likeness (QED) is 0.673. The van der Waals surface area contributed by atoms with Crippen LogP contribution in [-0.2, 0) is 15.7 Å². The summed E-state index contributed by atoms with van der Waals surface area (Å²) >= 11 is 5.57. The molecule has 1 N–H and O–H groups in total. The summed E-state index contributed by atoms with van der Waals surface area (Å²) in [6.45, 7) is 1.31. The Morgan fingerprint density at radius 1 is 1.41 bits per heavy atom. The van der Waals surface area contributed by atoms with E-state index in [1.54, 1.807) is 0 Å². The van der Waals surface area contributed by atoms with Gasteiger partial charge in [0.25, 0.3) is 5.69 Å². The van der Waals surface area contributed by atoms with Gasteiger partial charge in [-0.1, -0.05) is 11.6 Å². The summed E-state index contributed by atoms with van der Waals surface area (Å²) in [6.07, 6.45) is -5.10. The van der Waals surface area contributed by atoms with Crippen molar-refractivity contribution in [2.24, 2.45) is 0 Å². The number of hydrogen-bond acceptors (Lipinski definition) is 5. The van der Waals surface area contributed by atoms with Crippen molar-refractivity contribution in [2.45, 2.75) is 12.3 Å². The molecule has 1 aliphatic rings. The molecule has 0 aromatic heterocycles. The van der Waals surface area contributed by atoms with E-state index in [-0.39, 0.29) is 18.3 Å². The molecular weight excluding hydrogens is 329 g/mol. The number of anilines is 1. The van der Waals surface area contributed by atoms with Crippen LogP contribution in [-0.4, -0.2) is 37.4 Å². The Hall–Kier alpha value is -1.58. The maximum Gasteiger partial charge on any atom is 0.418 e. The zero-order valence-electron chi connectivity index (χ0n) is 11.2. The Morgan fingerprint density at radius 2 is 2.14 bits per heavy atom. The third kappa shape index (κ3) is 3.99. The van der Waals surface area contributed by atoms with Crippen molar-refractivity contribution in [2.75, 3.05) is 31.7 Å². The number of halogens is 4. The molecule has 1 fully saturated rings. The lowest BCUT2D eigenvalue weighted by molar-refractivity contribution is -0.384. The molecule has 2 rings (SSSR count). The van der Waals surface area contributed by atoms with Gasteiger partial charge in [0.15, 0.2) is 0 Å². The van der Waals surface area contributed by atoms with Crippen LogP contribution in [0, 0.1) is 10.1 Å². The van der Waals surface area contributed by atoms with Crippen molar-refractivity contribution in [3.63, 3.8) is 0 Å². The lowest BCUT2D eigenvalue weighted by Gasteiger charge is -2.23. The Morgan fingerprint density at radius 3 is 2.68 bits per heavy atom. The summed E-state index contributed by atoms with van der Waals surface area (Å²) in [6, 6.07) is 1.31. The van der Waals surface area contributed by atoms with Crippen LogP contribution in [0.25, 0.3) is 0 Å². The minimum atomic E-state index is -4.76. The molecule has 22 heavy (non-hydrogen) atoms. The fourth-order valence-electron chi connectivity index (χ4n) is 1.95. The molecule has 0 amide bonds. The number of rotatable bonds is 4. The zero-order valence-corrected chi connectivity index (χ0v) is 11.9. The lowest BCUT2D eigenvalue weighted by Crippen LogP contribution is -2.34. The summed E-state index contributed by atoms with van der Waals surface area (Å²) < 4.78 is 48.7. The van der Waals surface area contributed by atoms with Crippen LogP contribution in [0.1, 0.15) is 5.56 Å². The average Bonchev–Trinajstić information content (AvgIpc) is 2.44. The van der Waals surface area contributed by atoms with Crippen molar-refractivity contribution in [1.29, 1.82) is 0 Å². The predicted octanol–water partition coefficient (Wildman–Crippen LogP) is 3.09. The van der Waals surface area contributed by atoms with Gasteiger partial charge in [-0.15, -0.1) is 0 Å². The number of nitrogens with one attached hydrogen (secondary N) is 1. The molecule has 1 saturated heterocycles. The van der Waals surface area contributed by atoms with Crippen molar-refractivity contribution < 1.29 is 27.6 Å². The van der Waals surface area contributed by atoms with E-state index in [0.717, 1.165) is 6.07 Å². The highest BCUT2D eigenvalue weighted by Crippen LogP contribution is 2.40. The molecular formula is C12H12ClF3N2O4. The second-order valence-electron chi connectivity index (χ2n) is 4.55. The highest BCUT2D eigenvalue weighted by Gasteiger charge is 2.36. The number of nitro groups is 1. The van der Waals surface area contributed by atoms with Gasteiger partial charge in [0, 0.05) is 12.6 Å². The van der Waals surface area contributed by atoms with Crippen LogP contribution in [0.3, 0.4) is 0 Å². The molecule has 0 radical (unpaired) electrons. The average molecular weight is 341 g/mol. The number of ether oxygens (including phenoxy) is 2. The SMILES string of the molecule is O=[N+]([O-])c1cc(C(F)(F)F)c(Cl)cc1NC[C@@H]1COCCO1. The van der Waals surface area contributed by atoms with Gasteiger partial charge in [0.1, 0.15) is 5.69 Å². The van der Waals surface area contributed by atoms with E-state index in [9.17, 15) is 23.3 Å². The number of alkyl halides is 3. The minimum Gasteiger partial charge on any atom is -0.377 e. The smallest absolute Gasteiger partial charge is 0.377 e. The molecule has 1 heterocycles. The van der Waals surface area contributed by atoms with E-state index in [0.29, 0.717) is 25.9 Å². The Bertz CT molecular complexity index is 562. The highest BCUT2D eigenvalue weighted by molar-refractivity contribution is 6.31. The van der Waals surface area contributed by atoms with Crippen LogP contribution < -0.4 is 5.32 Å². The maximum absolute atomic E-state index is 12.7. The molecule has 1 aromatic carbocycles. The third-order valence-electron chi connectivity index (χ3n) is 2.99. The van der Waals surface area contributed by atoms with Gasteiger partial charge in [-0.3, -0.25) is 10.1 Å². The van der Waals surface area contributed by atoms with E-state index in [4.69, 9.17) is 21.1 Å². The predicted molar refractivity (Wildman–Crippen MR) is 72.2 cm³/mol. The van der Waals surface area contributed by atoms with E-state index in [1.807, 2.05) is 0 Å². The van der Waals surface area contributed by atoms with Crippen LogP contribution in [0.4, 0.5) is 24.5 Å². The van der Waals surface area contributed by atoms with Gasteiger partial charge in [-0.05, 0) is 6.07 Å². The zero-order chi connectivity index (χ0) is 16.3. The molecule has 1 aromatic rings. The molecule has 1 atom stereocenters. The maximum atomic E-state index is 12.7. The van der Waals surface area contributed by atoms with Crippen molar-refractivity contribution in [3.05, 3.63) is 32.8 Å². The van der Waals surface area contributed by atoms with E-state index < -0.39 is 27.4 Å². The van der Waals surface area contributed by atoms with Gasteiger partial charge in [0.05, 0.1) is 41.4 Å². The third-order valence-corrected chi connectivity index (χ3v) is 3.31. The molecule has 0 unspecified atom stereocenters. The van der Waals surface area contributed by atoms with Crippen molar-refractivity contribution in [1.82, 2.24) is 0 Å². The molecule has 0 spiro atoms. The standard InChI is InChI=1S/C12H12ClF3N2O4/c13-9-4-10(17-5-7-6-21-1-2-22-7)11(18(19)20)3-8(9)12(14,15)16/h3-4,7,17H,1-2,5-6H2/t7-/m1/s1. The number of hydrogen-bond donors (Lipinski definition) is 1. The Kier molecular flexibility index (Phi) is 5.09. The lowest BCUT2D eigenvalue weighted by atomic mass is 10.1. The van der Waals surface area contributed by atoms with E-state index in [1.165, 1.54) is 0 Å². The Balaban J connectivity index is 2.22. The van der Waals surface area contributed by atoms with Gasteiger partial charge < -0.3 is 14.8 Å². The fourth-order valence-corrected chi connectivity index (χ4v) is 2.22. The van der Waals surface area contributed by atoms with E-state index >= 15 is 0 Å². The summed E-state index contributed by atoms with van der Waals surface area (Å²) in [5.74, 6) is 0. The summed E-state index contributed by atoms with van der Waals surface area (Å²) in [5.41, 5.74) is -2.05. The minimum absolute atomic E-state index is 0.0998. The molecule has 0 bridgehead atoms. The summed E-state index contributed by atoms with van der Waals surface area (Å²) in [4.78, 5) is 10.1. The first-order valence-corrected chi connectivity index (χ1v) is 6.65. The summed E-state index contributed by atoms with van der Waals surface area (Å²) in [5, 5.41) is 13.0. The first-order valence-electron chi connectivity index (χ1n) is 6.27. The normalized spacial score (nSPS) is 19.0. The fraction of sp³-hybridized carbons (Fsp3) is 0.500. The monoisotopic (exact) mass is 340 g/mol. The molecule has 122 valence electrons. The summed E-state index contributed by atoms with van der Waals surface area (Å²) in [7, 11) is 0. The first-order chi connectivity index (χ1) is 10.3. The van der Waals surface area contributed by atoms with Crippen LogP contribution >= 0.6 is 11.6 Å². The second kappa shape index (κ2) is 6.67. The number of nitrogens with zero attached hydrogens (tertiary/aromatic N) is 1. The number of nitro benzene ring substituents is 1. The topological polar surface area (TPSA) is 73.6 Å². The largest absolute Gasteiger partial charge is 0.418 e. The van der Waals surface area contributed by atoms with Crippen LogP contribution in [0.15, 0.2) is 12.1 Å². The highest BCUT2D eigenvalue weighted by atomic mass is 35.5. The van der Waals surface area contributed by atoms with Crippen molar-refractivity contribution >= 4 is 23.0 Å².